The van der Waals surface area contributed by atoms with Gasteiger partial charge in [-0.2, -0.15) is 0 Å². The van der Waals surface area contributed by atoms with Gasteiger partial charge in [-0.05, 0) is 44.7 Å². The van der Waals surface area contributed by atoms with Crippen LogP contribution in [0.15, 0.2) is 17.5 Å². The van der Waals surface area contributed by atoms with E-state index in [0.29, 0.717) is 13.2 Å². The van der Waals surface area contributed by atoms with Crippen molar-refractivity contribution in [2.45, 2.75) is 32.0 Å². The van der Waals surface area contributed by atoms with Crippen LogP contribution in [-0.4, -0.2) is 19.8 Å². The van der Waals surface area contributed by atoms with Gasteiger partial charge in [0.2, 0.25) is 0 Å². The first-order valence-corrected chi connectivity index (χ1v) is 8.79. The average Bonchev–Trinajstić information content (AvgIpc) is 3.01. The Kier molecular flexibility index (Phi) is 4.62. The number of thiophene rings is 1. The van der Waals surface area contributed by atoms with Crippen molar-refractivity contribution >= 4 is 18.9 Å². The van der Waals surface area contributed by atoms with Crippen LogP contribution in [0.1, 0.15) is 31.6 Å². The maximum atomic E-state index is 13.1. The van der Waals surface area contributed by atoms with Crippen LogP contribution < -0.4 is 5.32 Å². The quantitative estimate of drug-likeness (QED) is 0.814. The van der Waals surface area contributed by atoms with Gasteiger partial charge in [-0.1, -0.05) is 6.07 Å². The summed E-state index contributed by atoms with van der Waals surface area (Å²) < 4.78 is 24.3. The van der Waals surface area contributed by atoms with Gasteiger partial charge < -0.3 is 9.05 Å². The summed E-state index contributed by atoms with van der Waals surface area (Å²) in [5, 5.41) is 4.73. The molecule has 0 saturated carbocycles. The van der Waals surface area contributed by atoms with Crippen molar-refractivity contribution in [1.82, 2.24) is 5.32 Å². The van der Waals surface area contributed by atoms with Gasteiger partial charge >= 0.3 is 7.60 Å². The molecule has 0 amide bonds. The van der Waals surface area contributed by atoms with Crippen molar-refractivity contribution in [3.8, 4) is 0 Å². The zero-order valence-electron chi connectivity index (χ0n) is 10.8. The molecule has 0 spiro atoms. The van der Waals surface area contributed by atoms with Crippen molar-refractivity contribution in [3.05, 3.63) is 22.4 Å². The van der Waals surface area contributed by atoms with Gasteiger partial charge in [0.15, 0.2) is 5.28 Å². The first-order chi connectivity index (χ1) is 8.68. The van der Waals surface area contributed by atoms with Gasteiger partial charge in [0, 0.05) is 4.88 Å². The summed E-state index contributed by atoms with van der Waals surface area (Å²) in [5.41, 5.74) is 0. The van der Waals surface area contributed by atoms with Crippen LogP contribution in [0.3, 0.4) is 0 Å². The zero-order valence-corrected chi connectivity index (χ0v) is 12.6. The van der Waals surface area contributed by atoms with E-state index in [0.717, 1.165) is 24.3 Å². The molecule has 1 aliphatic rings. The van der Waals surface area contributed by atoms with Crippen molar-refractivity contribution in [1.29, 1.82) is 0 Å². The van der Waals surface area contributed by atoms with Crippen LogP contribution in [0.5, 0.6) is 0 Å². The van der Waals surface area contributed by atoms with E-state index in [-0.39, 0.29) is 0 Å². The number of hydrogen-bond acceptors (Lipinski definition) is 5. The van der Waals surface area contributed by atoms with E-state index in [1.54, 1.807) is 11.3 Å². The molecule has 4 nitrogen and oxygen atoms in total. The zero-order chi connectivity index (χ0) is 13.1. The smallest absolute Gasteiger partial charge is 0.307 e. The Hall–Kier alpha value is -0.190. The topological polar surface area (TPSA) is 47.6 Å². The van der Waals surface area contributed by atoms with Crippen LogP contribution in [0, 0.1) is 0 Å². The summed E-state index contributed by atoms with van der Waals surface area (Å²) in [6.07, 6.45) is 1.78. The second kappa shape index (κ2) is 5.85. The SMILES string of the molecule is CCOP(=O)(OCC)C1(c2cccs2)CCCN1. The van der Waals surface area contributed by atoms with E-state index in [1.807, 2.05) is 31.4 Å². The molecule has 0 aliphatic carbocycles. The van der Waals surface area contributed by atoms with Gasteiger partial charge in [0.05, 0.1) is 13.2 Å². The molecule has 1 aliphatic heterocycles. The van der Waals surface area contributed by atoms with E-state index in [1.165, 1.54) is 0 Å². The summed E-state index contributed by atoms with van der Waals surface area (Å²) in [7, 11) is -3.19. The van der Waals surface area contributed by atoms with Crippen LogP contribution in [-0.2, 0) is 18.9 Å². The molecular weight excluding hydrogens is 269 g/mol. The molecule has 18 heavy (non-hydrogen) atoms. The molecule has 0 bridgehead atoms. The third-order valence-electron chi connectivity index (χ3n) is 3.13. The lowest BCUT2D eigenvalue weighted by molar-refractivity contribution is 0.191. The lowest BCUT2D eigenvalue weighted by Gasteiger charge is -2.35. The Labute approximate surface area is 112 Å². The molecule has 1 saturated heterocycles. The molecule has 6 heteroatoms. The van der Waals surface area contributed by atoms with Crippen LogP contribution in [0.2, 0.25) is 0 Å². The second-order valence-electron chi connectivity index (χ2n) is 4.20. The summed E-state index contributed by atoms with van der Waals surface area (Å²) in [4.78, 5) is 1.05. The molecule has 1 unspecified atom stereocenters. The highest BCUT2D eigenvalue weighted by atomic mass is 32.1. The van der Waals surface area contributed by atoms with Gasteiger partial charge in [0.1, 0.15) is 0 Å². The summed E-state index contributed by atoms with van der Waals surface area (Å²) >= 11 is 1.60. The minimum absolute atomic E-state index is 0.395. The van der Waals surface area contributed by atoms with Gasteiger partial charge in [0.25, 0.3) is 0 Å². The molecule has 0 aromatic carbocycles. The Bertz CT molecular complexity index is 405. The van der Waals surface area contributed by atoms with Crippen molar-refractivity contribution in [2.75, 3.05) is 19.8 Å². The summed E-state index contributed by atoms with van der Waals surface area (Å²) in [5.74, 6) is 0. The first kappa shape index (κ1) is 14.2. The fraction of sp³-hybridized carbons (Fsp3) is 0.667. The molecule has 102 valence electrons. The predicted octanol–water partition coefficient (Wildman–Crippen LogP) is 3.55. The highest BCUT2D eigenvalue weighted by Gasteiger charge is 2.54. The largest absolute Gasteiger partial charge is 0.355 e. The Morgan fingerprint density at radius 3 is 2.61 bits per heavy atom. The molecular formula is C12H20NO3PS. The predicted molar refractivity (Wildman–Crippen MR) is 74.1 cm³/mol. The van der Waals surface area contributed by atoms with Crippen molar-refractivity contribution in [3.63, 3.8) is 0 Å². The lowest BCUT2D eigenvalue weighted by atomic mass is 10.2. The van der Waals surface area contributed by atoms with Crippen LogP contribution in [0.4, 0.5) is 0 Å². The normalized spacial score (nSPS) is 24.6. The standard InChI is InChI=1S/C12H20NO3PS/c1-3-15-17(14,16-4-2)12(8-6-9-13-12)11-7-5-10-18-11/h5,7,10,13H,3-4,6,8-9H2,1-2H3. The monoisotopic (exact) mass is 289 g/mol. The molecule has 2 rings (SSSR count). The Balaban J connectivity index is 2.42. The van der Waals surface area contributed by atoms with Gasteiger partial charge in [-0.25, -0.2) is 0 Å². The third-order valence-corrected chi connectivity index (χ3v) is 7.06. The fourth-order valence-electron chi connectivity index (χ4n) is 2.42. The molecule has 1 aromatic rings. The van der Waals surface area contributed by atoms with Crippen LogP contribution >= 0.6 is 18.9 Å². The van der Waals surface area contributed by atoms with Crippen molar-refractivity contribution < 1.29 is 13.6 Å². The molecule has 2 heterocycles. The van der Waals surface area contributed by atoms with Gasteiger partial charge in [-0.15, -0.1) is 11.3 Å². The highest BCUT2D eigenvalue weighted by Crippen LogP contribution is 2.67. The minimum atomic E-state index is -3.19. The fourth-order valence-corrected chi connectivity index (χ4v) is 6.02. The number of nitrogens with one attached hydrogen (secondary N) is 1. The van der Waals surface area contributed by atoms with E-state index in [4.69, 9.17) is 9.05 Å². The molecule has 1 N–H and O–H groups in total. The van der Waals surface area contributed by atoms with E-state index in [9.17, 15) is 4.57 Å². The number of hydrogen-bond donors (Lipinski definition) is 1. The molecule has 1 aromatic heterocycles. The maximum absolute atomic E-state index is 13.1. The lowest BCUT2D eigenvalue weighted by Crippen LogP contribution is -2.37. The average molecular weight is 289 g/mol. The van der Waals surface area contributed by atoms with E-state index < -0.39 is 12.9 Å². The summed E-state index contributed by atoms with van der Waals surface area (Å²) in [6.45, 7) is 5.34. The molecule has 1 fully saturated rings. The highest BCUT2D eigenvalue weighted by molar-refractivity contribution is 7.55. The molecule has 0 radical (unpaired) electrons. The maximum Gasteiger partial charge on any atom is 0.355 e. The van der Waals surface area contributed by atoms with E-state index in [2.05, 4.69) is 5.32 Å². The Morgan fingerprint density at radius 1 is 1.44 bits per heavy atom. The third kappa shape index (κ3) is 2.30. The van der Waals surface area contributed by atoms with Crippen molar-refractivity contribution in [2.24, 2.45) is 0 Å². The minimum Gasteiger partial charge on any atom is -0.307 e. The summed E-state index contributed by atoms with van der Waals surface area (Å²) in [6, 6.07) is 3.98. The number of rotatable bonds is 6. The first-order valence-electron chi connectivity index (χ1n) is 6.37. The van der Waals surface area contributed by atoms with Crippen LogP contribution in [0.25, 0.3) is 0 Å². The Morgan fingerprint density at radius 2 is 2.17 bits per heavy atom. The molecule has 1 atom stereocenters. The van der Waals surface area contributed by atoms with E-state index >= 15 is 0 Å². The van der Waals surface area contributed by atoms with Gasteiger partial charge in [-0.3, -0.25) is 9.88 Å². The second-order valence-corrected chi connectivity index (χ2v) is 7.42.